The number of hydrogen-bond donors (Lipinski definition) is 0. The van der Waals surface area contributed by atoms with E-state index in [1.165, 1.54) is 78.1 Å². The van der Waals surface area contributed by atoms with Crippen molar-refractivity contribution in [2.75, 3.05) is 9.80 Å². The van der Waals surface area contributed by atoms with Gasteiger partial charge in [0.25, 0.3) is 0 Å². The van der Waals surface area contributed by atoms with E-state index in [1.807, 2.05) is 0 Å². The first-order valence-corrected chi connectivity index (χ1v) is 19.5. The summed E-state index contributed by atoms with van der Waals surface area (Å²) in [5.74, 6) is 0. The molecule has 0 aliphatic carbocycles. The molecule has 2 nitrogen and oxygen atoms in total. The molecule has 0 bridgehead atoms. The summed E-state index contributed by atoms with van der Waals surface area (Å²) in [5, 5.41) is 0. The predicted octanol–water partition coefficient (Wildman–Crippen LogP) is 15.5. The van der Waals surface area contributed by atoms with Crippen molar-refractivity contribution >= 4 is 34.1 Å². The van der Waals surface area contributed by atoms with E-state index >= 15 is 0 Å². The Hall–Kier alpha value is -6.64. The molecule has 0 atom stereocenters. The Kier molecular flexibility index (Phi) is 10.1. The molecular weight excluding hydrogens is 677 g/mol. The largest absolute Gasteiger partial charge is 0.310 e. The Morgan fingerprint density at radius 1 is 0.250 bits per heavy atom. The highest BCUT2D eigenvalue weighted by atomic mass is 15.1. The average molecular weight is 725 g/mol. The second-order valence-electron chi connectivity index (χ2n) is 15.0. The number of anilines is 6. The van der Waals surface area contributed by atoms with Crippen LogP contribution in [-0.4, -0.2) is 0 Å². The normalized spacial score (nSPS) is 11.0. The summed E-state index contributed by atoms with van der Waals surface area (Å²) >= 11 is 0. The minimum atomic E-state index is 1.14. The number of benzene rings is 8. The van der Waals surface area contributed by atoms with Gasteiger partial charge in [-0.05, 0) is 169 Å². The fraction of sp³-hybridized carbons (Fsp3) is 0.111. The number of hydrogen-bond acceptors (Lipinski definition) is 2. The van der Waals surface area contributed by atoms with Crippen LogP contribution in [0.2, 0.25) is 0 Å². The summed E-state index contributed by atoms with van der Waals surface area (Å²) in [6, 6.07) is 65.9. The number of para-hydroxylation sites is 2. The third-order valence-corrected chi connectivity index (χ3v) is 10.9. The second-order valence-corrected chi connectivity index (χ2v) is 15.0. The maximum atomic E-state index is 2.41. The Bertz CT molecular complexity index is 2420. The smallest absolute Gasteiger partial charge is 0.0490 e. The molecule has 0 saturated heterocycles. The van der Waals surface area contributed by atoms with Crippen molar-refractivity contribution in [3.05, 3.63) is 215 Å². The van der Waals surface area contributed by atoms with Crippen LogP contribution in [0.5, 0.6) is 0 Å². The van der Waals surface area contributed by atoms with Crippen LogP contribution in [-0.2, 0) is 0 Å². The molecule has 2 heteroatoms. The molecule has 0 radical (unpaired) electrons. The van der Waals surface area contributed by atoms with Gasteiger partial charge in [0.05, 0.1) is 0 Å². The summed E-state index contributed by atoms with van der Waals surface area (Å²) in [6.45, 7) is 13.5. The van der Waals surface area contributed by atoms with E-state index in [9.17, 15) is 0 Å². The third-order valence-electron chi connectivity index (χ3n) is 10.9. The van der Waals surface area contributed by atoms with Crippen LogP contribution >= 0.6 is 0 Å². The molecule has 8 aromatic carbocycles. The lowest BCUT2D eigenvalue weighted by atomic mass is 9.88. The molecule has 0 saturated carbocycles. The molecule has 0 spiro atoms. The van der Waals surface area contributed by atoms with Crippen molar-refractivity contribution in [1.29, 1.82) is 0 Å². The standard InChI is InChI=1S/C54H48N2/c1-37-19-13-15-29-51(37)55(47-27-17-25-45(35-47)43-21-9-7-10-22-43)49-31-39(3)53(40(4)32-49)54-41(5)33-50(34-42(54)6)56(52-30-16-14-20-38(52)2)48-28-18-26-46(36-48)44-23-11-8-12-24-44/h7-36H,1-6H3. The molecule has 0 N–H and O–H groups in total. The number of nitrogens with zero attached hydrogens (tertiary/aromatic N) is 2. The van der Waals surface area contributed by atoms with E-state index in [-0.39, 0.29) is 0 Å². The molecular formula is C54H48N2. The third kappa shape index (κ3) is 7.14. The van der Waals surface area contributed by atoms with Gasteiger partial charge in [0.15, 0.2) is 0 Å². The Balaban J connectivity index is 1.23. The van der Waals surface area contributed by atoms with E-state index in [0.717, 1.165) is 22.7 Å². The molecule has 0 fully saturated rings. The van der Waals surface area contributed by atoms with E-state index in [4.69, 9.17) is 0 Å². The van der Waals surface area contributed by atoms with Crippen LogP contribution in [0.25, 0.3) is 33.4 Å². The average Bonchev–Trinajstić information content (AvgIpc) is 3.21. The summed E-state index contributed by atoms with van der Waals surface area (Å²) in [7, 11) is 0. The van der Waals surface area contributed by atoms with Crippen molar-refractivity contribution in [3.8, 4) is 33.4 Å². The van der Waals surface area contributed by atoms with Crippen molar-refractivity contribution in [2.24, 2.45) is 0 Å². The monoisotopic (exact) mass is 724 g/mol. The van der Waals surface area contributed by atoms with Crippen LogP contribution < -0.4 is 9.80 Å². The minimum Gasteiger partial charge on any atom is -0.310 e. The second kappa shape index (κ2) is 15.6. The molecule has 0 aliphatic rings. The molecule has 8 rings (SSSR count). The minimum absolute atomic E-state index is 1.14. The molecule has 0 aliphatic heterocycles. The Morgan fingerprint density at radius 3 is 0.929 bits per heavy atom. The van der Waals surface area contributed by atoms with E-state index < -0.39 is 0 Å². The molecule has 0 aromatic heterocycles. The van der Waals surface area contributed by atoms with Gasteiger partial charge in [-0.1, -0.05) is 121 Å². The quantitative estimate of drug-likeness (QED) is 0.146. The first kappa shape index (κ1) is 36.3. The number of rotatable bonds is 9. The van der Waals surface area contributed by atoms with E-state index in [0.29, 0.717) is 0 Å². The summed E-state index contributed by atoms with van der Waals surface area (Å²) in [4.78, 5) is 4.83. The highest BCUT2D eigenvalue weighted by Gasteiger charge is 2.22. The summed E-state index contributed by atoms with van der Waals surface area (Å²) in [5.41, 5.74) is 21.8. The zero-order chi connectivity index (χ0) is 38.8. The van der Waals surface area contributed by atoms with Gasteiger partial charge in [0.1, 0.15) is 0 Å². The zero-order valence-corrected chi connectivity index (χ0v) is 33.2. The zero-order valence-electron chi connectivity index (χ0n) is 33.2. The molecule has 274 valence electrons. The number of aryl methyl sites for hydroxylation is 6. The molecule has 0 amide bonds. The van der Waals surface area contributed by atoms with Gasteiger partial charge in [0, 0.05) is 34.1 Å². The Morgan fingerprint density at radius 2 is 0.571 bits per heavy atom. The van der Waals surface area contributed by atoms with E-state index in [1.54, 1.807) is 0 Å². The first-order valence-electron chi connectivity index (χ1n) is 19.5. The highest BCUT2D eigenvalue weighted by molar-refractivity contribution is 5.88. The van der Waals surface area contributed by atoms with Gasteiger partial charge in [-0.15, -0.1) is 0 Å². The van der Waals surface area contributed by atoms with Crippen LogP contribution in [0, 0.1) is 41.5 Å². The van der Waals surface area contributed by atoms with Gasteiger partial charge >= 0.3 is 0 Å². The van der Waals surface area contributed by atoms with E-state index in [2.05, 4.69) is 233 Å². The maximum absolute atomic E-state index is 2.41. The summed E-state index contributed by atoms with van der Waals surface area (Å²) < 4.78 is 0. The lowest BCUT2D eigenvalue weighted by Crippen LogP contribution is -2.13. The molecule has 8 aromatic rings. The van der Waals surface area contributed by atoms with Crippen molar-refractivity contribution in [3.63, 3.8) is 0 Å². The van der Waals surface area contributed by atoms with Gasteiger partial charge in [-0.25, -0.2) is 0 Å². The molecule has 0 heterocycles. The van der Waals surface area contributed by atoms with Crippen LogP contribution in [0.1, 0.15) is 33.4 Å². The lowest BCUT2D eigenvalue weighted by molar-refractivity contribution is 1.22. The van der Waals surface area contributed by atoms with Gasteiger partial charge in [-0.2, -0.15) is 0 Å². The summed E-state index contributed by atoms with van der Waals surface area (Å²) in [6.07, 6.45) is 0. The van der Waals surface area contributed by atoms with Gasteiger partial charge in [0.2, 0.25) is 0 Å². The molecule has 56 heavy (non-hydrogen) atoms. The van der Waals surface area contributed by atoms with Crippen molar-refractivity contribution in [1.82, 2.24) is 0 Å². The Labute approximate surface area is 333 Å². The van der Waals surface area contributed by atoms with Gasteiger partial charge < -0.3 is 9.80 Å². The van der Waals surface area contributed by atoms with Crippen molar-refractivity contribution in [2.45, 2.75) is 41.5 Å². The molecule has 0 unspecified atom stereocenters. The first-order chi connectivity index (χ1) is 27.3. The highest BCUT2D eigenvalue weighted by Crippen LogP contribution is 2.45. The van der Waals surface area contributed by atoms with Gasteiger partial charge in [-0.3, -0.25) is 0 Å². The fourth-order valence-corrected chi connectivity index (χ4v) is 8.32. The van der Waals surface area contributed by atoms with Crippen LogP contribution in [0.15, 0.2) is 182 Å². The maximum Gasteiger partial charge on any atom is 0.0490 e. The van der Waals surface area contributed by atoms with Crippen LogP contribution in [0.3, 0.4) is 0 Å². The van der Waals surface area contributed by atoms with Crippen molar-refractivity contribution < 1.29 is 0 Å². The van der Waals surface area contributed by atoms with Crippen LogP contribution in [0.4, 0.5) is 34.1 Å². The fourth-order valence-electron chi connectivity index (χ4n) is 8.32. The topological polar surface area (TPSA) is 6.48 Å². The SMILES string of the molecule is Cc1ccccc1N(c1cccc(-c2ccccc2)c1)c1cc(C)c(-c2c(C)cc(N(c3cccc(-c4ccccc4)c3)c3ccccc3C)cc2C)c(C)c1. The lowest BCUT2D eigenvalue weighted by Gasteiger charge is -2.30. The predicted molar refractivity (Wildman–Crippen MR) is 241 cm³/mol.